The van der Waals surface area contributed by atoms with E-state index in [1.54, 1.807) is 13.0 Å². The normalized spacial score (nSPS) is 30.8. The number of hydrogen-bond donors (Lipinski definition) is 0. The Morgan fingerprint density at radius 3 is 2.67 bits per heavy atom. The van der Waals surface area contributed by atoms with Gasteiger partial charge in [0.25, 0.3) is 0 Å². The second-order valence-electron chi connectivity index (χ2n) is 5.37. The summed E-state index contributed by atoms with van der Waals surface area (Å²) >= 11 is 0. The molecule has 15 heavy (non-hydrogen) atoms. The number of ketones is 1. The van der Waals surface area contributed by atoms with E-state index in [9.17, 15) is 4.79 Å². The molecule has 0 amide bonds. The van der Waals surface area contributed by atoms with E-state index in [-0.39, 0.29) is 11.2 Å². The Morgan fingerprint density at radius 1 is 1.53 bits per heavy atom. The Labute approximate surface area is 93.3 Å². The molecule has 1 nitrogen and oxygen atoms in total. The van der Waals surface area contributed by atoms with Crippen LogP contribution in [0.25, 0.3) is 0 Å². The minimum Gasteiger partial charge on any atom is -0.295 e. The second-order valence-corrected chi connectivity index (χ2v) is 5.37. The highest BCUT2D eigenvalue weighted by Crippen LogP contribution is 2.47. The minimum atomic E-state index is 0.122. The van der Waals surface area contributed by atoms with Gasteiger partial charge in [-0.2, -0.15) is 0 Å². The van der Waals surface area contributed by atoms with Crippen LogP contribution in [0, 0.1) is 17.3 Å². The SMILES string of the molecule is C=C1CCC(C)C(C)(C)C1C=CC(C)=O. The van der Waals surface area contributed by atoms with Crippen LogP contribution in [0.15, 0.2) is 24.3 Å². The number of carbonyl (C=O) groups excluding carboxylic acids is 1. The van der Waals surface area contributed by atoms with Crippen LogP contribution in [0.2, 0.25) is 0 Å². The van der Waals surface area contributed by atoms with Crippen LogP contribution in [0.1, 0.15) is 40.5 Å². The zero-order valence-electron chi connectivity index (χ0n) is 10.3. The summed E-state index contributed by atoms with van der Waals surface area (Å²) in [6, 6.07) is 0. The Morgan fingerprint density at radius 2 is 2.13 bits per heavy atom. The predicted octanol–water partition coefficient (Wildman–Crippen LogP) is 3.76. The quantitative estimate of drug-likeness (QED) is 0.496. The van der Waals surface area contributed by atoms with E-state index in [1.807, 2.05) is 6.08 Å². The molecule has 0 radical (unpaired) electrons. The monoisotopic (exact) mass is 206 g/mol. The lowest BCUT2D eigenvalue weighted by atomic mass is 9.61. The summed E-state index contributed by atoms with van der Waals surface area (Å²) in [5.74, 6) is 1.16. The van der Waals surface area contributed by atoms with Gasteiger partial charge in [-0.05, 0) is 37.2 Å². The highest BCUT2D eigenvalue weighted by Gasteiger charge is 2.38. The van der Waals surface area contributed by atoms with Crippen LogP contribution in [0.5, 0.6) is 0 Å². The molecule has 1 saturated carbocycles. The Balaban J connectivity index is 2.90. The fourth-order valence-corrected chi connectivity index (χ4v) is 2.38. The van der Waals surface area contributed by atoms with Gasteiger partial charge in [-0.15, -0.1) is 0 Å². The molecular weight excluding hydrogens is 184 g/mol. The van der Waals surface area contributed by atoms with Crippen molar-refractivity contribution in [3.63, 3.8) is 0 Å². The molecule has 1 aliphatic rings. The summed E-state index contributed by atoms with van der Waals surface area (Å²) in [5, 5.41) is 0. The molecule has 0 aliphatic heterocycles. The van der Waals surface area contributed by atoms with Crippen LogP contribution in [0.3, 0.4) is 0 Å². The molecule has 0 saturated heterocycles. The van der Waals surface area contributed by atoms with Crippen molar-refractivity contribution in [3.8, 4) is 0 Å². The van der Waals surface area contributed by atoms with E-state index in [1.165, 1.54) is 12.0 Å². The summed E-state index contributed by atoms with van der Waals surface area (Å²) in [6.07, 6.45) is 6.05. The van der Waals surface area contributed by atoms with Gasteiger partial charge in [0.1, 0.15) is 0 Å². The molecule has 0 heterocycles. The number of carbonyl (C=O) groups is 1. The molecule has 1 heteroatoms. The molecule has 1 rings (SSSR count). The number of hydrogen-bond acceptors (Lipinski definition) is 1. The van der Waals surface area contributed by atoms with Gasteiger partial charge in [0.05, 0.1) is 0 Å². The van der Waals surface area contributed by atoms with Crippen molar-refractivity contribution in [2.24, 2.45) is 17.3 Å². The Hall–Kier alpha value is -0.850. The van der Waals surface area contributed by atoms with Crippen LogP contribution in [-0.2, 0) is 4.79 Å². The summed E-state index contributed by atoms with van der Waals surface area (Å²) in [5.41, 5.74) is 1.50. The summed E-state index contributed by atoms with van der Waals surface area (Å²) in [6.45, 7) is 12.6. The van der Waals surface area contributed by atoms with Gasteiger partial charge < -0.3 is 0 Å². The lowest BCUT2D eigenvalue weighted by Gasteiger charge is -2.44. The van der Waals surface area contributed by atoms with Crippen molar-refractivity contribution in [1.82, 2.24) is 0 Å². The topological polar surface area (TPSA) is 17.1 Å². The Bertz CT molecular complexity index is 296. The fraction of sp³-hybridized carbons (Fsp3) is 0.643. The average molecular weight is 206 g/mol. The van der Waals surface area contributed by atoms with Crippen LogP contribution < -0.4 is 0 Å². The molecule has 1 fully saturated rings. The zero-order chi connectivity index (χ0) is 11.6. The fourth-order valence-electron chi connectivity index (χ4n) is 2.38. The lowest BCUT2D eigenvalue weighted by Crippen LogP contribution is -2.35. The summed E-state index contributed by atoms with van der Waals surface area (Å²) in [7, 11) is 0. The van der Waals surface area contributed by atoms with Crippen molar-refractivity contribution in [3.05, 3.63) is 24.3 Å². The minimum absolute atomic E-state index is 0.122. The largest absolute Gasteiger partial charge is 0.295 e. The lowest BCUT2D eigenvalue weighted by molar-refractivity contribution is -0.112. The van der Waals surface area contributed by atoms with Gasteiger partial charge in [-0.3, -0.25) is 4.79 Å². The van der Waals surface area contributed by atoms with Crippen molar-refractivity contribution < 1.29 is 4.79 Å². The molecule has 0 aromatic rings. The van der Waals surface area contributed by atoms with Crippen LogP contribution in [0.4, 0.5) is 0 Å². The predicted molar refractivity (Wildman–Crippen MR) is 64.6 cm³/mol. The maximum Gasteiger partial charge on any atom is 0.152 e. The third-order valence-electron chi connectivity index (χ3n) is 3.93. The molecule has 0 bridgehead atoms. The first kappa shape index (κ1) is 12.2. The molecular formula is C14H22O. The number of allylic oxidation sites excluding steroid dienone is 3. The van der Waals surface area contributed by atoms with E-state index < -0.39 is 0 Å². The molecule has 0 aromatic carbocycles. The van der Waals surface area contributed by atoms with Crippen LogP contribution in [-0.4, -0.2) is 5.78 Å². The Kier molecular flexibility index (Phi) is 3.54. The second kappa shape index (κ2) is 4.34. The summed E-state index contributed by atoms with van der Waals surface area (Å²) < 4.78 is 0. The third kappa shape index (κ3) is 2.58. The van der Waals surface area contributed by atoms with Crippen molar-refractivity contribution >= 4 is 5.78 Å². The molecule has 2 atom stereocenters. The first-order valence-electron chi connectivity index (χ1n) is 5.72. The van der Waals surface area contributed by atoms with Crippen molar-refractivity contribution in [2.45, 2.75) is 40.5 Å². The molecule has 1 aliphatic carbocycles. The first-order valence-corrected chi connectivity index (χ1v) is 5.72. The van der Waals surface area contributed by atoms with Gasteiger partial charge in [0.15, 0.2) is 5.78 Å². The smallest absolute Gasteiger partial charge is 0.152 e. The average Bonchev–Trinajstić information content (AvgIpc) is 2.11. The van der Waals surface area contributed by atoms with Crippen LogP contribution >= 0.6 is 0 Å². The van der Waals surface area contributed by atoms with Crippen molar-refractivity contribution in [2.75, 3.05) is 0 Å². The molecule has 0 spiro atoms. The van der Waals surface area contributed by atoms with E-state index in [2.05, 4.69) is 27.4 Å². The molecule has 84 valence electrons. The molecule has 0 N–H and O–H groups in total. The highest BCUT2D eigenvalue weighted by molar-refractivity contribution is 5.87. The maximum atomic E-state index is 11.0. The molecule has 0 aromatic heterocycles. The van der Waals surface area contributed by atoms with E-state index in [0.717, 1.165) is 6.42 Å². The van der Waals surface area contributed by atoms with Gasteiger partial charge in [-0.25, -0.2) is 0 Å². The maximum absolute atomic E-state index is 11.0. The standard InChI is InChI=1S/C14H22O/c1-10-6-7-11(2)14(4,5)13(10)9-8-12(3)15/h8-9,11,13H,1,6-7H2,2-5H3. The zero-order valence-corrected chi connectivity index (χ0v) is 10.3. The van der Waals surface area contributed by atoms with Gasteiger partial charge in [0.2, 0.25) is 0 Å². The van der Waals surface area contributed by atoms with Gasteiger partial charge >= 0.3 is 0 Å². The van der Waals surface area contributed by atoms with E-state index in [4.69, 9.17) is 0 Å². The number of rotatable bonds is 2. The van der Waals surface area contributed by atoms with Gasteiger partial charge in [0, 0.05) is 5.92 Å². The van der Waals surface area contributed by atoms with Gasteiger partial charge in [-0.1, -0.05) is 39.0 Å². The van der Waals surface area contributed by atoms with E-state index >= 15 is 0 Å². The highest BCUT2D eigenvalue weighted by atomic mass is 16.1. The van der Waals surface area contributed by atoms with Crippen molar-refractivity contribution in [1.29, 1.82) is 0 Å². The molecule has 2 unspecified atom stereocenters. The third-order valence-corrected chi connectivity index (χ3v) is 3.93. The van der Waals surface area contributed by atoms with E-state index in [0.29, 0.717) is 11.8 Å². The summed E-state index contributed by atoms with van der Waals surface area (Å²) in [4.78, 5) is 11.0. The first-order chi connectivity index (χ1) is 6.85.